The summed E-state index contributed by atoms with van der Waals surface area (Å²) in [6.07, 6.45) is 2.67. The van der Waals surface area contributed by atoms with Crippen LogP contribution in [0.1, 0.15) is 18.1 Å². The van der Waals surface area contributed by atoms with Crippen molar-refractivity contribution in [3.05, 3.63) is 29.3 Å². The summed E-state index contributed by atoms with van der Waals surface area (Å²) < 4.78 is 25.3. The van der Waals surface area contributed by atoms with Crippen LogP contribution in [-0.4, -0.2) is 33.6 Å². The number of rotatable bonds is 5. The van der Waals surface area contributed by atoms with Gasteiger partial charge in [0.25, 0.3) is 0 Å². The zero-order valence-corrected chi connectivity index (χ0v) is 12.0. The van der Waals surface area contributed by atoms with Gasteiger partial charge in [0.05, 0.1) is 18.5 Å². The van der Waals surface area contributed by atoms with Crippen LogP contribution < -0.4 is 10.0 Å². The molecular weight excluding hydrogens is 262 g/mol. The first kappa shape index (κ1) is 13.9. The standard InChI is InChI=1S/C13H19N3O2S/c1-3-11-10(9-13-14-7-8-15-13)5-4-6-12(11)16-19(2,17)18/h4-6,16H,3,7-9H2,1-2H3,(H,14,15). The van der Waals surface area contributed by atoms with Crippen molar-refractivity contribution < 1.29 is 8.42 Å². The number of nitrogens with zero attached hydrogens (tertiary/aromatic N) is 1. The van der Waals surface area contributed by atoms with Crippen LogP contribution in [0.3, 0.4) is 0 Å². The third-order valence-electron chi connectivity index (χ3n) is 3.02. The van der Waals surface area contributed by atoms with Crippen LogP contribution in [0.4, 0.5) is 5.69 Å². The SMILES string of the molecule is CCc1c(CC2=NCCN2)cccc1NS(C)(=O)=O. The molecule has 104 valence electrons. The van der Waals surface area contributed by atoms with Gasteiger partial charge in [-0.3, -0.25) is 9.71 Å². The molecule has 0 saturated heterocycles. The molecule has 0 saturated carbocycles. The highest BCUT2D eigenvalue weighted by atomic mass is 32.2. The lowest BCUT2D eigenvalue weighted by Crippen LogP contribution is -2.21. The molecule has 0 fully saturated rings. The van der Waals surface area contributed by atoms with Crippen molar-refractivity contribution in [2.24, 2.45) is 4.99 Å². The number of anilines is 1. The molecule has 0 bridgehead atoms. The van der Waals surface area contributed by atoms with E-state index in [4.69, 9.17) is 0 Å². The fraction of sp³-hybridized carbons (Fsp3) is 0.462. The van der Waals surface area contributed by atoms with Gasteiger partial charge in [-0.2, -0.15) is 0 Å². The summed E-state index contributed by atoms with van der Waals surface area (Å²) in [5.41, 5.74) is 2.81. The van der Waals surface area contributed by atoms with Gasteiger partial charge in [0.2, 0.25) is 10.0 Å². The quantitative estimate of drug-likeness (QED) is 0.851. The third kappa shape index (κ3) is 3.70. The zero-order valence-electron chi connectivity index (χ0n) is 11.2. The second-order valence-corrected chi connectivity index (χ2v) is 6.35. The van der Waals surface area contributed by atoms with Gasteiger partial charge in [0.15, 0.2) is 0 Å². The number of benzene rings is 1. The maximum atomic E-state index is 11.4. The summed E-state index contributed by atoms with van der Waals surface area (Å²) in [5, 5.41) is 3.24. The lowest BCUT2D eigenvalue weighted by Gasteiger charge is -2.14. The average Bonchev–Trinajstić information content (AvgIpc) is 2.80. The highest BCUT2D eigenvalue weighted by Gasteiger charge is 2.13. The van der Waals surface area contributed by atoms with Gasteiger partial charge in [-0.25, -0.2) is 8.42 Å². The first-order chi connectivity index (χ1) is 8.99. The number of amidine groups is 1. The Balaban J connectivity index is 2.30. The molecule has 0 aromatic heterocycles. The summed E-state index contributed by atoms with van der Waals surface area (Å²) in [6, 6.07) is 5.69. The van der Waals surface area contributed by atoms with Gasteiger partial charge >= 0.3 is 0 Å². The van der Waals surface area contributed by atoms with Crippen molar-refractivity contribution >= 4 is 21.5 Å². The molecule has 0 amide bonds. The fourth-order valence-corrected chi connectivity index (χ4v) is 2.85. The van der Waals surface area contributed by atoms with Gasteiger partial charge in [-0.15, -0.1) is 0 Å². The number of sulfonamides is 1. The van der Waals surface area contributed by atoms with Crippen molar-refractivity contribution in [3.63, 3.8) is 0 Å². The number of nitrogens with one attached hydrogen (secondary N) is 2. The van der Waals surface area contributed by atoms with Crippen LogP contribution in [0, 0.1) is 0 Å². The van der Waals surface area contributed by atoms with E-state index in [-0.39, 0.29) is 0 Å². The Morgan fingerprint density at radius 2 is 2.21 bits per heavy atom. The number of hydrogen-bond donors (Lipinski definition) is 2. The maximum Gasteiger partial charge on any atom is 0.229 e. The van der Waals surface area contributed by atoms with E-state index < -0.39 is 10.0 Å². The fourth-order valence-electron chi connectivity index (χ4n) is 2.26. The largest absolute Gasteiger partial charge is 0.372 e. The summed E-state index contributed by atoms with van der Waals surface area (Å²) in [4.78, 5) is 4.38. The first-order valence-corrected chi connectivity index (χ1v) is 8.24. The van der Waals surface area contributed by atoms with Crippen molar-refractivity contribution in [2.45, 2.75) is 19.8 Å². The van der Waals surface area contributed by atoms with Gasteiger partial charge < -0.3 is 5.32 Å². The molecule has 0 aliphatic carbocycles. The Morgan fingerprint density at radius 1 is 1.42 bits per heavy atom. The maximum absolute atomic E-state index is 11.4. The van der Waals surface area contributed by atoms with Crippen LogP contribution >= 0.6 is 0 Å². The van der Waals surface area contributed by atoms with Gasteiger partial charge in [0, 0.05) is 13.0 Å². The Kier molecular flexibility index (Phi) is 4.09. The predicted molar refractivity (Wildman–Crippen MR) is 78.3 cm³/mol. The molecule has 2 N–H and O–H groups in total. The Labute approximate surface area is 114 Å². The van der Waals surface area contributed by atoms with E-state index in [1.807, 2.05) is 19.1 Å². The van der Waals surface area contributed by atoms with Crippen LogP contribution in [0.2, 0.25) is 0 Å². The monoisotopic (exact) mass is 281 g/mol. The molecule has 2 rings (SSSR count). The van der Waals surface area contributed by atoms with Gasteiger partial charge in [-0.1, -0.05) is 19.1 Å². The number of hydrogen-bond acceptors (Lipinski definition) is 4. The minimum absolute atomic E-state index is 0.668. The summed E-state index contributed by atoms with van der Waals surface area (Å²) in [5.74, 6) is 0.978. The minimum atomic E-state index is -3.25. The van der Waals surface area contributed by atoms with E-state index in [9.17, 15) is 8.42 Å². The van der Waals surface area contributed by atoms with E-state index in [0.717, 1.165) is 42.9 Å². The highest BCUT2D eigenvalue weighted by Crippen LogP contribution is 2.22. The normalized spacial score (nSPS) is 14.9. The molecule has 19 heavy (non-hydrogen) atoms. The lowest BCUT2D eigenvalue weighted by molar-refractivity contribution is 0.606. The molecule has 1 aliphatic heterocycles. The lowest BCUT2D eigenvalue weighted by atomic mass is 10.0. The molecule has 6 heteroatoms. The Morgan fingerprint density at radius 3 is 2.79 bits per heavy atom. The van der Waals surface area contributed by atoms with Crippen molar-refractivity contribution in [1.82, 2.24) is 5.32 Å². The molecule has 0 unspecified atom stereocenters. The third-order valence-corrected chi connectivity index (χ3v) is 3.61. The van der Waals surface area contributed by atoms with Crippen molar-refractivity contribution in [3.8, 4) is 0 Å². The molecule has 5 nitrogen and oxygen atoms in total. The summed E-state index contributed by atoms with van der Waals surface area (Å²) in [6.45, 7) is 3.73. The van der Waals surface area contributed by atoms with Crippen LogP contribution in [0.5, 0.6) is 0 Å². The second kappa shape index (κ2) is 5.61. The zero-order chi connectivity index (χ0) is 13.9. The molecule has 1 aromatic carbocycles. The van der Waals surface area contributed by atoms with E-state index in [1.165, 1.54) is 6.26 Å². The summed E-state index contributed by atoms with van der Waals surface area (Å²) in [7, 11) is -3.25. The smallest absolute Gasteiger partial charge is 0.229 e. The Bertz CT molecular complexity index is 594. The molecule has 1 aliphatic rings. The van der Waals surface area contributed by atoms with Crippen LogP contribution in [0.15, 0.2) is 23.2 Å². The molecular formula is C13H19N3O2S. The molecule has 0 spiro atoms. The molecule has 0 radical (unpaired) electrons. The van der Waals surface area contributed by atoms with Crippen molar-refractivity contribution in [2.75, 3.05) is 24.1 Å². The predicted octanol–water partition coefficient (Wildman–Crippen LogP) is 1.16. The van der Waals surface area contributed by atoms with E-state index in [2.05, 4.69) is 15.0 Å². The molecule has 1 heterocycles. The van der Waals surface area contributed by atoms with Crippen LogP contribution in [0.25, 0.3) is 0 Å². The van der Waals surface area contributed by atoms with Crippen LogP contribution in [-0.2, 0) is 22.9 Å². The number of aliphatic imine (C=N–C) groups is 1. The van der Waals surface area contributed by atoms with Crippen molar-refractivity contribution in [1.29, 1.82) is 0 Å². The van der Waals surface area contributed by atoms with E-state index in [0.29, 0.717) is 5.69 Å². The average molecular weight is 281 g/mol. The Hall–Kier alpha value is -1.56. The molecule has 0 atom stereocenters. The first-order valence-electron chi connectivity index (χ1n) is 6.35. The summed E-state index contributed by atoms with van der Waals surface area (Å²) >= 11 is 0. The van der Waals surface area contributed by atoms with E-state index >= 15 is 0 Å². The van der Waals surface area contributed by atoms with E-state index in [1.54, 1.807) is 6.07 Å². The molecule has 1 aromatic rings. The second-order valence-electron chi connectivity index (χ2n) is 4.60. The van der Waals surface area contributed by atoms with Gasteiger partial charge in [-0.05, 0) is 23.6 Å². The van der Waals surface area contributed by atoms with Gasteiger partial charge in [0.1, 0.15) is 5.84 Å². The minimum Gasteiger partial charge on any atom is -0.372 e. The highest BCUT2D eigenvalue weighted by molar-refractivity contribution is 7.92. The topological polar surface area (TPSA) is 70.6 Å².